The van der Waals surface area contributed by atoms with E-state index in [1.54, 1.807) is 31.4 Å². The first-order valence-electron chi connectivity index (χ1n) is 11.9. The minimum atomic E-state index is -3.75. The Labute approximate surface area is 215 Å². The minimum Gasteiger partial charge on any atom is -0.496 e. The molecule has 1 aliphatic heterocycles. The second-order valence-electron chi connectivity index (χ2n) is 8.80. The van der Waals surface area contributed by atoms with Crippen LogP contribution < -0.4 is 14.4 Å². The molecule has 1 saturated heterocycles. The van der Waals surface area contributed by atoms with Crippen molar-refractivity contribution in [3.63, 3.8) is 0 Å². The van der Waals surface area contributed by atoms with Crippen molar-refractivity contribution < 1.29 is 17.9 Å². The van der Waals surface area contributed by atoms with Crippen molar-refractivity contribution in [3.05, 3.63) is 73.3 Å². The van der Waals surface area contributed by atoms with E-state index in [1.807, 2.05) is 46.9 Å². The first-order chi connectivity index (χ1) is 17.9. The summed E-state index contributed by atoms with van der Waals surface area (Å²) in [4.78, 5) is 25.2. The normalized spacial score (nSPS) is 15.0. The fraction of sp³-hybridized carbons (Fsp3) is 0.269. The van der Waals surface area contributed by atoms with Crippen LogP contribution in [0.2, 0.25) is 0 Å². The Kier molecular flexibility index (Phi) is 6.70. The number of rotatable bonds is 7. The number of nitrogens with one attached hydrogen (secondary N) is 1. The molecule has 1 atom stereocenters. The van der Waals surface area contributed by atoms with Crippen LogP contribution in [0.1, 0.15) is 13.0 Å². The average Bonchev–Trinajstić information content (AvgIpc) is 3.37. The fourth-order valence-corrected chi connectivity index (χ4v) is 5.64. The summed E-state index contributed by atoms with van der Waals surface area (Å²) in [5.41, 5.74) is 1.87. The van der Waals surface area contributed by atoms with Gasteiger partial charge in [-0.05, 0) is 55.5 Å². The van der Waals surface area contributed by atoms with E-state index >= 15 is 0 Å². The number of aromatic nitrogens is 3. The zero-order valence-electron chi connectivity index (χ0n) is 20.6. The lowest BCUT2D eigenvalue weighted by atomic mass is 10.2. The quantitative estimate of drug-likeness (QED) is 0.399. The predicted molar refractivity (Wildman–Crippen MR) is 141 cm³/mol. The highest BCUT2D eigenvalue weighted by Gasteiger charge is 2.27. The third kappa shape index (κ3) is 4.94. The number of hydrogen-bond acceptors (Lipinski definition) is 7. The van der Waals surface area contributed by atoms with Gasteiger partial charge >= 0.3 is 0 Å². The molecule has 192 valence electrons. The first kappa shape index (κ1) is 24.6. The van der Waals surface area contributed by atoms with Gasteiger partial charge in [0.2, 0.25) is 5.91 Å². The molecule has 1 unspecified atom stereocenters. The number of piperazine rings is 1. The standard InChI is InChI=1S/C26H28N6O4S/c1-19(32-13-11-22-23(32)4-3-5-24(22)36-2)26(33)31-16-14-30(15-17-31)20-6-8-21(9-7-20)37(34,35)29-25-10-12-27-18-28-25/h3-13,18-19H,14-17H2,1-2H3,(H,27,28,29). The summed E-state index contributed by atoms with van der Waals surface area (Å²) in [6, 6.07) is 15.7. The Balaban J connectivity index is 1.22. The number of anilines is 2. The molecule has 5 rings (SSSR count). The lowest BCUT2D eigenvalue weighted by Gasteiger charge is -2.37. The molecule has 2 aromatic carbocycles. The molecule has 0 aliphatic carbocycles. The summed E-state index contributed by atoms with van der Waals surface area (Å²) in [7, 11) is -2.11. The van der Waals surface area contributed by atoms with E-state index in [1.165, 1.54) is 18.6 Å². The topological polar surface area (TPSA) is 110 Å². The molecule has 3 heterocycles. The number of carbonyl (C=O) groups excluding carboxylic acids is 1. The number of ether oxygens (including phenoxy) is 1. The number of methoxy groups -OCH3 is 1. The van der Waals surface area contributed by atoms with Crippen molar-refractivity contribution in [3.8, 4) is 5.75 Å². The van der Waals surface area contributed by atoms with Gasteiger partial charge in [-0.3, -0.25) is 9.52 Å². The van der Waals surface area contributed by atoms with Crippen LogP contribution in [0.3, 0.4) is 0 Å². The van der Waals surface area contributed by atoms with Crippen molar-refractivity contribution in [2.75, 3.05) is 42.9 Å². The van der Waals surface area contributed by atoms with Crippen LogP contribution in [0.25, 0.3) is 10.9 Å². The molecule has 4 aromatic rings. The van der Waals surface area contributed by atoms with Crippen LogP contribution in [0.15, 0.2) is 78.2 Å². The van der Waals surface area contributed by atoms with Gasteiger partial charge in [-0.15, -0.1) is 0 Å². The van der Waals surface area contributed by atoms with Gasteiger partial charge in [0.05, 0.1) is 17.5 Å². The molecule has 11 heteroatoms. The maximum Gasteiger partial charge on any atom is 0.263 e. The van der Waals surface area contributed by atoms with Crippen molar-refractivity contribution in [1.29, 1.82) is 0 Å². The molecule has 0 bridgehead atoms. The second kappa shape index (κ2) is 10.1. The Morgan fingerprint density at radius 2 is 1.78 bits per heavy atom. The fourth-order valence-electron chi connectivity index (χ4n) is 4.63. The van der Waals surface area contributed by atoms with Gasteiger partial charge < -0.3 is 19.1 Å². The number of nitrogens with zero attached hydrogens (tertiary/aromatic N) is 5. The van der Waals surface area contributed by atoms with Gasteiger partial charge in [0, 0.05) is 49.6 Å². The van der Waals surface area contributed by atoms with E-state index in [-0.39, 0.29) is 22.7 Å². The van der Waals surface area contributed by atoms with Crippen LogP contribution in [0.4, 0.5) is 11.5 Å². The molecule has 1 amide bonds. The molecule has 1 fully saturated rings. The highest BCUT2D eigenvalue weighted by atomic mass is 32.2. The van der Waals surface area contributed by atoms with Crippen molar-refractivity contribution in [2.45, 2.75) is 17.9 Å². The molecule has 1 N–H and O–H groups in total. The zero-order valence-corrected chi connectivity index (χ0v) is 21.4. The molecule has 0 saturated carbocycles. The van der Waals surface area contributed by atoms with Crippen LogP contribution in [0, 0.1) is 0 Å². The predicted octanol–water partition coefficient (Wildman–Crippen LogP) is 3.15. The van der Waals surface area contributed by atoms with E-state index in [0.717, 1.165) is 22.3 Å². The Morgan fingerprint density at radius 3 is 2.46 bits per heavy atom. The SMILES string of the molecule is COc1cccc2c1ccn2C(C)C(=O)N1CCN(c2ccc(S(=O)(=O)Nc3ccncn3)cc2)CC1. The van der Waals surface area contributed by atoms with Crippen molar-refractivity contribution in [1.82, 2.24) is 19.4 Å². The van der Waals surface area contributed by atoms with Crippen LogP contribution in [0.5, 0.6) is 5.75 Å². The number of benzene rings is 2. The first-order valence-corrected chi connectivity index (χ1v) is 13.4. The molecule has 2 aromatic heterocycles. The summed E-state index contributed by atoms with van der Waals surface area (Å²) in [5.74, 6) is 1.06. The van der Waals surface area contributed by atoms with Crippen LogP contribution in [-0.4, -0.2) is 67.0 Å². The summed E-state index contributed by atoms with van der Waals surface area (Å²) in [5, 5.41) is 0.979. The highest BCUT2D eigenvalue weighted by molar-refractivity contribution is 7.92. The summed E-state index contributed by atoms with van der Waals surface area (Å²) in [6.07, 6.45) is 4.68. The number of amides is 1. The molecule has 0 radical (unpaired) electrons. The molecule has 10 nitrogen and oxygen atoms in total. The van der Waals surface area contributed by atoms with Gasteiger partial charge in [0.1, 0.15) is 23.9 Å². The maximum absolute atomic E-state index is 13.3. The van der Waals surface area contributed by atoms with Gasteiger partial charge in [-0.25, -0.2) is 18.4 Å². The summed E-state index contributed by atoms with van der Waals surface area (Å²) >= 11 is 0. The van der Waals surface area contributed by atoms with E-state index in [4.69, 9.17) is 4.74 Å². The Hall–Kier alpha value is -4.12. The third-order valence-corrected chi connectivity index (χ3v) is 8.01. The van der Waals surface area contributed by atoms with Crippen molar-refractivity contribution >= 4 is 38.3 Å². The summed E-state index contributed by atoms with van der Waals surface area (Å²) < 4.78 is 35.2. The van der Waals surface area contributed by atoms with Gasteiger partial charge in [0.15, 0.2) is 0 Å². The average molecular weight is 521 g/mol. The van der Waals surface area contributed by atoms with E-state index in [0.29, 0.717) is 26.2 Å². The number of carbonyl (C=O) groups is 1. The zero-order chi connectivity index (χ0) is 26.0. The molecule has 1 aliphatic rings. The van der Waals surface area contributed by atoms with Crippen molar-refractivity contribution in [2.24, 2.45) is 0 Å². The van der Waals surface area contributed by atoms with E-state index < -0.39 is 10.0 Å². The van der Waals surface area contributed by atoms with E-state index in [9.17, 15) is 13.2 Å². The van der Waals surface area contributed by atoms with Gasteiger partial charge in [-0.2, -0.15) is 0 Å². The van der Waals surface area contributed by atoms with Gasteiger partial charge in [-0.1, -0.05) is 6.07 Å². The largest absolute Gasteiger partial charge is 0.496 e. The molecule has 37 heavy (non-hydrogen) atoms. The lowest BCUT2D eigenvalue weighted by molar-refractivity contribution is -0.134. The highest BCUT2D eigenvalue weighted by Crippen LogP contribution is 2.29. The molecule has 0 spiro atoms. The number of sulfonamides is 1. The Morgan fingerprint density at radius 1 is 1.03 bits per heavy atom. The van der Waals surface area contributed by atoms with E-state index in [2.05, 4.69) is 19.6 Å². The van der Waals surface area contributed by atoms with Gasteiger partial charge in [0.25, 0.3) is 10.0 Å². The Bertz CT molecular complexity index is 1500. The monoisotopic (exact) mass is 520 g/mol. The number of hydrogen-bond donors (Lipinski definition) is 1. The number of fused-ring (bicyclic) bond motifs is 1. The van der Waals surface area contributed by atoms with Crippen LogP contribution in [-0.2, 0) is 14.8 Å². The molecular formula is C26H28N6O4S. The molecular weight excluding hydrogens is 492 g/mol. The second-order valence-corrected chi connectivity index (χ2v) is 10.5. The third-order valence-electron chi connectivity index (χ3n) is 6.64. The minimum absolute atomic E-state index is 0.0669. The lowest BCUT2D eigenvalue weighted by Crippen LogP contribution is -2.50. The maximum atomic E-state index is 13.3. The summed E-state index contributed by atoms with van der Waals surface area (Å²) in [6.45, 7) is 4.40. The smallest absolute Gasteiger partial charge is 0.263 e. The van der Waals surface area contributed by atoms with Crippen LogP contribution >= 0.6 is 0 Å².